The number of fused-ring (bicyclic) bond motifs is 1. The van der Waals surface area contributed by atoms with Crippen molar-refractivity contribution in [2.24, 2.45) is 0 Å². The lowest BCUT2D eigenvalue weighted by atomic mass is 9.97. The van der Waals surface area contributed by atoms with E-state index in [1.54, 1.807) is 18.2 Å². The molecule has 0 aromatic heterocycles. The van der Waals surface area contributed by atoms with Crippen LogP contribution in [0.3, 0.4) is 0 Å². The summed E-state index contributed by atoms with van der Waals surface area (Å²) in [5.41, 5.74) is 3.12. The van der Waals surface area contributed by atoms with Gasteiger partial charge in [0.2, 0.25) is 5.91 Å². The number of rotatable bonds is 1. The van der Waals surface area contributed by atoms with Crippen molar-refractivity contribution in [3.05, 3.63) is 53.8 Å². The average Bonchev–Trinajstić information content (AvgIpc) is 2.66. The van der Waals surface area contributed by atoms with Gasteiger partial charge in [0.1, 0.15) is 5.82 Å². The molecule has 90 valence electrons. The van der Waals surface area contributed by atoms with E-state index in [2.05, 4.69) is 5.32 Å². The lowest BCUT2D eigenvalue weighted by Gasteiger charge is -2.07. The number of benzene rings is 2. The molecule has 3 heteroatoms. The van der Waals surface area contributed by atoms with E-state index in [-0.39, 0.29) is 17.6 Å². The maximum absolute atomic E-state index is 13.7. The Morgan fingerprint density at radius 2 is 1.94 bits per heavy atom. The van der Waals surface area contributed by atoms with E-state index in [0.29, 0.717) is 5.56 Å². The van der Waals surface area contributed by atoms with Crippen molar-refractivity contribution >= 4 is 11.6 Å². The summed E-state index contributed by atoms with van der Waals surface area (Å²) in [5, 5.41) is 2.81. The van der Waals surface area contributed by atoms with Gasteiger partial charge in [0, 0.05) is 11.3 Å². The second-order valence-electron chi connectivity index (χ2n) is 4.49. The van der Waals surface area contributed by atoms with Crippen LogP contribution in [0.4, 0.5) is 10.1 Å². The Morgan fingerprint density at radius 1 is 1.17 bits per heavy atom. The summed E-state index contributed by atoms with van der Waals surface area (Å²) < 4.78 is 13.7. The normalized spacial score (nSPS) is 17.4. The molecule has 1 aliphatic heterocycles. The highest BCUT2D eigenvalue weighted by atomic mass is 19.1. The minimum Gasteiger partial charge on any atom is -0.325 e. The Balaban J connectivity index is 2.12. The van der Waals surface area contributed by atoms with Crippen LogP contribution in [0.5, 0.6) is 0 Å². The molecule has 0 radical (unpaired) electrons. The fraction of sp³-hybridized carbons (Fsp3) is 0.133. The number of nitrogens with one attached hydrogen (secondary N) is 1. The third-order valence-electron chi connectivity index (χ3n) is 3.35. The SMILES string of the molecule is CC1C(=O)Nc2ccc(-c3ccccc3F)cc21. The van der Waals surface area contributed by atoms with E-state index >= 15 is 0 Å². The largest absolute Gasteiger partial charge is 0.325 e. The van der Waals surface area contributed by atoms with Gasteiger partial charge in [0.25, 0.3) is 0 Å². The van der Waals surface area contributed by atoms with Gasteiger partial charge in [0.05, 0.1) is 5.92 Å². The van der Waals surface area contributed by atoms with E-state index in [4.69, 9.17) is 0 Å². The summed E-state index contributed by atoms with van der Waals surface area (Å²) in [7, 11) is 0. The molecule has 1 N–H and O–H groups in total. The Hall–Kier alpha value is -2.16. The Bertz CT molecular complexity index is 636. The Labute approximate surface area is 104 Å². The van der Waals surface area contributed by atoms with Gasteiger partial charge in [-0.1, -0.05) is 24.3 Å². The van der Waals surface area contributed by atoms with Gasteiger partial charge in [-0.15, -0.1) is 0 Å². The highest BCUT2D eigenvalue weighted by Gasteiger charge is 2.26. The van der Waals surface area contributed by atoms with Crippen LogP contribution in [0.2, 0.25) is 0 Å². The first kappa shape index (κ1) is 11.0. The fourth-order valence-corrected chi connectivity index (χ4v) is 2.28. The van der Waals surface area contributed by atoms with Gasteiger partial charge >= 0.3 is 0 Å². The van der Waals surface area contributed by atoms with Gasteiger partial charge in [-0.05, 0) is 36.2 Å². The summed E-state index contributed by atoms with van der Waals surface area (Å²) >= 11 is 0. The van der Waals surface area contributed by atoms with Crippen molar-refractivity contribution in [3.63, 3.8) is 0 Å². The van der Waals surface area contributed by atoms with E-state index in [9.17, 15) is 9.18 Å². The molecule has 1 amide bonds. The molecular weight excluding hydrogens is 229 g/mol. The Morgan fingerprint density at radius 3 is 2.72 bits per heavy atom. The molecule has 1 heterocycles. The van der Waals surface area contributed by atoms with Crippen LogP contribution >= 0.6 is 0 Å². The predicted octanol–water partition coefficient (Wildman–Crippen LogP) is 3.55. The zero-order chi connectivity index (χ0) is 12.7. The molecule has 2 nitrogen and oxygen atoms in total. The fourth-order valence-electron chi connectivity index (χ4n) is 2.28. The van der Waals surface area contributed by atoms with E-state index in [1.165, 1.54) is 6.07 Å². The molecule has 0 fully saturated rings. The molecule has 2 aromatic carbocycles. The molecule has 0 saturated carbocycles. The molecule has 0 aliphatic carbocycles. The summed E-state index contributed by atoms with van der Waals surface area (Å²) in [6.07, 6.45) is 0. The number of halogens is 1. The van der Waals surface area contributed by atoms with Gasteiger partial charge < -0.3 is 5.32 Å². The van der Waals surface area contributed by atoms with Crippen LogP contribution in [0, 0.1) is 5.82 Å². The van der Waals surface area contributed by atoms with Crippen molar-refractivity contribution < 1.29 is 9.18 Å². The maximum Gasteiger partial charge on any atom is 0.231 e. The van der Waals surface area contributed by atoms with Crippen LogP contribution < -0.4 is 5.32 Å². The van der Waals surface area contributed by atoms with Crippen molar-refractivity contribution in [1.82, 2.24) is 0 Å². The number of anilines is 1. The van der Waals surface area contributed by atoms with E-state index in [1.807, 2.05) is 25.1 Å². The molecule has 0 saturated heterocycles. The third kappa shape index (κ3) is 1.59. The van der Waals surface area contributed by atoms with Gasteiger partial charge in [-0.25, -0.2) is 4.39 Å². The molecule has 1 aliphatic rings. The lowest BCUT2D eigenvalue weighted by Crippen LogP contribution is -2.08. The third-order valence-corrected chi connectivity index (χ3v) is 3.35. The second kappa shape index (κ2) is 3.95. The van der Waals surface area contributed by atoms with Crippen LogP contribution in [0.1, 0.15) is 18.4 Å². The minimum atomic E-state index is -0.248. The zero-order valence-corrected chi connectivity index (χ0v) is 9.91. The molecule has 0 spiro atoms. The van der Waals surface area contributed by atoms with Crippen molar-refractivity contribution in [2.75, 3.05) is 5.32 Å². The van der Waals surface area contributed by atoms with Crippen molar-refractivity contribution in [1.29, 1.82) is 0 Å². The van der Waals surface area contributed by atoms with Crippen LogP contribution in [0.25, 0.3) is 11.1 Å². The molecule has 1 unspecified atom stereocenters. The predicted molar refractivity (Wildman–Crippen MR) is 68.9 cm³/mol. The van der Waals surface area contributed by atoms with E-state index in [0.717, 1.165) is 16.8 Å². The van der Waals surface area contributed by atoms with Crippen LogP contribution in [-0.4, -0.2) is 5.91 Å². The van der Waals surface area contributed by atoms with Crippen LogP contribution in [-0.2, 0) is 4.79 Å². The summed E-state index contributed by atoms with van der Waals surface area (Å²) in [4.78, 5) is 11.6. The zero-order valence-electron chi connectivity index (χ0n) is 9.91. The second-order valence-corrected chi connectivity index (χ2v) is 4.49. The number of amides is 1. The topological polar surface area (TPSA) is 29.1 Å². The number of carbonyl (C=O) groups excluding carboxylic acids is 1. The summed E-state index contributed by atoms with van der Waals surface area (Å²) in [6, 6.07) is 12.2. The molecular formula is C15H12FNO. The number of hydrogen-bond acceptors (Lipinski definition) is 1. The molecule has 1 atom stereocenters. The molecule has 3 rings (SSSR count). The molecule has 18 heavy (non-hydrogen) atoms. The highest BCUT2D eigenvalue weighted by Crippen LogP contribution is 2.35. The summed E-state index contributed by atoms with van der Waals surface area (Å²) in [6.45, 7) is 1.85. The highest BCUT2D eigenvalue weighted by molar-refractivity contribution is 6.03. The molecule has 0 bridgehead atoms. The first-order valence-corrected chi connectivity index (χ1v) is 5.86. The summed E-state index contributed by atoms with van der Waals surface area (Å²) in [5.74, 6) is -0.426. The van der Waals surface area contributed by atoms with E-state index < -0.39 is 0 Å². The van der Waals surface area contributed by atoms with Crippen molar-refractivity contribution in [3.8, 4) is 11.1 Å². The standard InChI is InChI=1S/C15H12FNO/c1-9-12-8-10(6-7-14(12)17-15(9)18)11-4-2-3-5-13(11)16/h2-9H,1H3,(H,17,18). The Kier molecular flexibility index (Phi) is 2.40. The quantitative estimate of drug-likeness (QED) is 0.812. The van der Waals surface area contributed by atoms with Gasteiger partial charge in [-0.2, -0.15) is 0 Å². The van der Waals surface area contributed by atoms with Gasteiger partial charge in [-0.3, -0.25) is 4.79 Å². The lowest BCUT2D eigenvalue weighted by molar-refractivity contribution is -0.116. The number of carbonyl (C=O) groups is 1. The maximum atomic E-state index is 13.7. The smallest absolute Gasteiger partial charge is 0.231 e. The van der Waals surface area contributed by atoms with Crippen LogP contribution in [0.15, 0.2) is 42.5 Å². The minimum absolute atomic E-state index is 0.00400. The first-order chi connectivity index (χ1) is 8.66. The van der Waals surface area contributed by atoms with Gasteiger partial charge in [0.15, 0.2) is 0 Å². The van der Waals surface area contributed by atoms with Crippen molar-refractivity contribution in [2.45, 2.75) is 12.8 Å². The first-order valence-electron chi connectivity index (χ1n) is 5.86. The average molecular weight is 241 g/mol. The number of hydrogen-bond donors (Lipinski definition) is 1. The monoisotopic (exact) mass is 241 g/mol. The molecule has 2 aromatic rings.